The highest BCUT2D eigenvalue weighted by Crippen LogP contribution is 2.56. The molecule has 1 N–H and O–H groups in total. The Balaban J connectivity index is 1.56. The maximum Gasteiger partial charge on any atom is 0.423 e. The van der Waals surface area contributed by atoms with Crippen LogP contribution in [0.4, 0.5) is 4.79 Å². The first-order chi connectivity index (χ1) is 17.7. The van der Waals surface area contributed by atoms with Crippen molar-refractivity contribution >= 4 is 40.2 Å². The first kappa shape index (κ1) is 23.1. The lowest BCUT2D eigenvalue weighted by Crippen LogP contribution is -2.40. The van der Waals surface area contributed by atoms with Crippen molar-refractivity contribution in [3.8, 4) is 5.75 Å². The summed E-state index contributed by atoms with van der Waals surface area (Å²) in [5, 5.41) is 12.8. The number of hydrogen-bond acceptors (Lipinski definition) is 7. The van der Waals surface area contributed by atoms with Crippen molar-refractivity contribution < 1.29 is 33.8 Å². The Morgan fingerprint density at radius 2 is 1.78 bits per heavy atom. The zero-order chi connectivity index (χ0) is 26.2. The highest BCUT2D eigenvalue weighted by Gasteiger charge is 2.58. The molecular formula is C29H23NO7. The summed E-state index contributed by atoms with van der Waals surface area (Å²) in [4.78, 5) is 65.9. The number of benzene rings is 2. The first-order valence-electron chi connectivity index (χ1n) is 12.1. The van der Waals surface area contributed by atoms with Crippen LogP contribution in [0.5, 0.6) is 5.75 Å². The largest absolute Gasteiger partial charge is 0.507 e. The van der Waals surface area contributed by atoms with Crippen molar-refractivity contribution in [2.75, 3.05) is 7.11 Å². The van der Waals surface area contributed by atoms with Crippen LogP contribution < -0.4 is 0 Å². The highest BCUT2D eigenvalue weighted by molar-refractivity contribution is 6.24. The molecule has 1 fully saturated rings. The number of allylic oxidation sites excluding steroid dienone is 6. The van der Waals surface area contributed by atoms with E-state index in [1.165, 1.54) is 6.08 Å². The Kier molecular flexibility index (Phi) is 5.05. The standard InChI is InChI=1S/C29H23NO7/c1-13-11-21(31)24-20(25(13)32)12-19-16(9-10-18-23(19)28(35)30(27(18)34)29(36)37-2)22(24)17-8-7-14-5-3-4-6-15(14)26(17)33/h3-9,11,18-19,22-23,33H,10,12H2,1-2H3. The number of aromatic hydroxyl groups is 1. The van der Waals surface area contributed by atoms with Crippen LogP contribution in [0.2, 0.25) is 0 Å². The Hall–Kier alpha value is -4.33. The molecule has 4 atom stereocenters. The van der Waals surface area contributed by atoms with E-state index in [9.17, 15) is 29.1 Å². The predicted octanol–water partition coefficient (Wildman–Crippen LogP) is 3.74. The summed E-state index contributed by atoms with van der Waals surface area (Å²) in [6.45, 7) is 1.57. The molecule has 0 spiro atoms. The lowest BCUT2D eigenvalue weighted by molar-refractivity contribution is -0.137. The van der Waals surface area contributed by atoms with Gasteiger partial charge in [0.25, 0.3) is 0 Å². The third-order valence-electron chi connectivity index (χ3n) is 8.16. The summed E-state index contributed by atoms with van der Waals surface area (Å²) >= 11 is 0. The molecule has 0 saturated carbocycles. The normalized spacial score (nSPS) is 27.0. The summed E-state index contributed by atoms with van der Waals surface area (Å²) in [6, 6.07) is 10.9. The number of ether oxygens (including phenoxy) is 1. The van der Waals surface area contributed by atoms with Gasteiger partial charge in [0.05, 0.1) is 18.9 Å². The van der Waals surface area contributed by atoms with Crippen LogP contribution in [-0.4, -0.2) is 46.6 Å². The number of amides is 3. The molecule has 37 heavy (non-hydrogen) atoms. The van der Waals surface area contributed by atoms with Gasteiger partial charge >= 0.3 is 6.09 Å². The third-order valence-corrected chi connectivity index (χ3v) is 8.16. The summed E-state index contributed by atoms with van der Waals surface area (Å²) in [7, 11) is 1.10. The van der Waals surface area contributed by atoms with Gasteiger partial charge in [-0.15, -0.1) is 0 Å². The molecule has 0 aromatic heterocycles. The van der Waals surface area contributed by atoms with Crippen LogP contribution in [0.1, 0.15) is 31.2 Å². The Morgan fingerprint density at radius 3 is 2.54 bits per heavy atom. The molecule has 4 unspecified atom stereocenters. The number of methoxy groups -OCH3 is 1. The lowest BCUT2D eigenvalue weighted by atomic mass is 9.59. The number of hydrogen-bond donors (Lipinski definition) is 1. The van der Waals surface area contributed by atoms with E-state index in [0.29, 0.717) is 38.1 Å². The van der Waals surface area contributed by atoms with Crippen molar-refractivity contribution in [2.24, 2.45) is 17.8 Å². The Labute approximate surface area is 211 Å². The average Bonchev–Trinajstić information content (AvgIpc) is 3.16. The van der Waals surface area contributed by atoms with E-state index >= 15 is 0 Å². The van der Waals surface area contributed by atoms with Gasteiger partial charge in [0, 0.05) is 33.6 Å². The van der Waals surface area contributed by atoms with Gasteiger partial charge in [0.15, 0.2) is 11.6 Å². The van der Waals surface area contributed by atoms with Gasteiger partial charge in [0.1, 0.15) is 5.75 Å². The number of phenolic OH excluding ortho intramolecular Hbond substituents is 1. The van der Waals surface area contributed by atoms with Crippen LogP contribution in [-0.2, 0) is 23.9 Å². The number of ketones is 2. The second kappa shape index (κ2) is 8.09. The van der Waals surface area contributed by atoms with Crippen molar-refractivity contribution in [2.45, 2.75) is 25.7 Å². The predicted molar refractivity (Wildman–Crippen MR) is 131 cm³/mol. The second-order valence-corrected chi connectivity index (χ2v) is 9.94. The number of Topliss-reactive ketones (excluding diaryl/α,β-unsaturated/α-hetero) is 1. The van der Waals surface area contributed by atoms with Gasteiger partial charge < -0.3 is 9.84 Å². The SMILES string of the molecule is COC(=O)N1C(=O)C2CC=C3C(c4ccc5ccccc5c4O)C4=C(CC3C2C1=O)C(=O)C(C)=CC4=O. The summed E-state index contributed by atoms with van der Waals surface area (Å²) < 4.78 is 4.67. The van der Waals surface area contributed by atoms with E-state index in [-0.39, 0.29) is 30.2 Å². The summed E-state index contributed by atoms with van der Waals surface area (Å²) in [6.07, 6.45) is 2.41. The molecule has 6 rings (SSSR count). The minimum Gasteiger partial charge on any atom is -0.507 e. The molecule has 1 heterocycles. The molecule has 3 amide bonds. The molecule has 186 valence electrons. The van der Waals surface area contributed by atoms with Gasteiger partial charge in [-0.2, -0.15) is 4.90 Å². The smallest absolute Gasteiger partial charge is 0.423 e. The van der Waals surface area contributed by atoms with Crippen molar-refractivity contribution in [3.63, 3.8) is 0 Å². The van der Waals surface area contributed by atoms with Crippen molar-refractivity contribution in [3.05, 3.63) is 76.4 Å². The van der Waals surface area contributed by atoms with E-state index < -0.39 is 41.6 Å². The van der Waals surface area contributed by atoms with E-state index in [1.54, 1.807) is 25.1 Å². The fourth-order valence-electron chi connectivity index (χ4n) is 6.51. The van der Waals surface area contributed by atoms with Crippen molar-refractivity contribution in [1.29, 1.82) is 0 Å². The second-order valence-electron chi connectivity index (χ2n) is 9.94. The van der Waals surface area contributed by atoms with Crippen LogP contribution >= 0.6 is 0 Å². The molecule has 0 bridgehead atoms. The number of carbonyl (C=O) groups is 5. The Bertz CT molecular complexity index is 1560. The van der Waals surface area contributed by atoms with Crippen LogP contribution in [0.15, 0.2) is 70.8 Å². The number of phenols is 1. The van der Waals surface area contributed by atoms with Gasteiger partial charge in [0.2, 0.25) is 11.8 Å². The zero-order valence-corrected chi connectivity index (χ0v) is 20.2. The van der Waals surface area contributed by atoms with E-state index in [2.05, 4.69) is 4.74 Å². The number of carbonyl (C=O) groups excluding carboxylic acids is 5. The highest BCUT2D eigenvalue weighted by atomic mass is 16.5. The maximum absolute atomic E-state index is 13.4. The van der Waals surface area contributed by atoms with Gasteiger partial charge in [-0.1, -0.05) is 48.0 Å². The summed E-state index contributed by atoms with van der Waals surface area (Å²) in [5.74, 6) is -4.89. The van der Waals surface area contributed by atoms with Crippen LogP contribution in [0.3, 0.4) is 0 Å². The third kappa shape index (κ3) is 3.11. The Morgan fingerprint density at radius 1 is 1.03 bits per heavy atom. The molecule has 1 aliphatic heterocycles. The zero-order valence-electron chi connectivity index (χ0n) is 20.2. The van der Waals surface area contributed by atoms with Crippen LogP contribution in [0, 0.1) is 17.8 Å². The van der Waals surface area contributed by atoms with Gasteiger partial charge in [-0.25, -0.2) is 4.79 Å². The molecule has 2 aromatic rings. The van der Waals surface area contributed by atoms with E-state index in [1.807, 2.05) is 24.3 Å². The fourth-order valence-corrected chi connectivity index (χ4v) is 6.51. The molecule has 8 heteroatoms. The maximum atomic E-state index is 13.4. The van der Waals surface area contributed by atoms with Crippen molar-refractivity contribution in [1.82, 2.24) is 4.90 Å². The number of imide groups is 3. The molecule has 3 aliphatic carbocycles. The molecule has 8 nitrogen and oxygen atoms in total. The molecule has 4 aliphatic rings. The number of likely N-dealkylation sites (tertiary alicyclic amines) is 1. The van der Waals surface area contributed by atoms with Gasteiger partial charge in [-0.3, -0.25) is 19.2 Å². The number of rotatable bonds is 1. The summed E-state index contributed by atoms with van der Waals surface area (Å²) in [5.41, 5.74) is 2.05. The monoisotopic (exact) mass is 497 g/mol. The fraction of sp³-hybridized carbons (Fsp3) is 0.276. The van der Waals surface area contributed by atoms with Gasteiger partial charge in [-0.05, 0) is 37.1 Å². The molecule has 2 aromatic carbocycles. The minimum absolute atomic E-state index is 0.00448. The van der Waals surface area contributed by atoms with E-state index in [4.69, 9.17) is 0 Å². The number of nitrogens with zero attached hydrogens (tertiary/aromatic N) is 1. The topological polar surface area (TPSA) is 118 Å². The first-order valence-corrected chi connectivity index (χ1v) is 12.1. The molecular weight excluding hydrogens is 474 g/mol. The van der Waals surface area contributed by atoms with E-state index in [0.717, 1.165) is 12.5 Å². The average molecular weight is 498 g/mol. The quantitative estimate of drug-likeness (QED) is 0.362. The lowest BCUT2D eigenvalue weighted by Gasteiger charge is -2.42. The molecule has 0 radical (unpaired) electrons. The van der Waals surface area contributed by atoms with Crippen LogP contribution in [0.25, 0.3) is 10.8 Å². The minimum atomic E-state index is -1.03. The number of fused-ring (bicyclic) bond motifs is 4. The molecule has 1 saturated heterocycles.